The molecule has 4 nitrogen and oxygen atoms in total. The van der Waals surface area contributed by atoms with Gasteiger partial charge < -0.3 is 14.8 Å². The van der Waals surface area contributed by atoms with Crippen LogP contribution in [0.25, 0.3) is 0 Å². The third kappa shape index (κ3) is 4.77. The summed E-state index contributed by atoms with van der Waals surface area (Å²) in [5.41, 5.74) is 0. The van der Waals surface area contributed by atoms with Gasteiger partial charge in [0.15, 0.2) is 6.10 Å². The van der Waals surface area contributed by atoms with Crippen LogP contribution in [-0.4, -0.2) is 31.3 Å². The largest absolute Gasteiger partial charge is 0.479 e. The molecule has 0 saturated carbocycles. The Kier molecular flexibility index (Phi) is 6.15. The summed E-state index contributed by atoms with van der Waals surface area (Å²) in [6.07, 6.45) is 2.09. The summed E-state index contributed by atoms with van der Waals surface area (Å²) in [6.45, 7) is 3.17. The number of hydrogen-bond acceptors (Lipinski definition) is 3. The first-order valence-electron chi connectivity index (χ1n) is 7.11. The average molecular weight is 332 g/mol. The van der Waals surface area contributed by atoms with Crippen LogP contribution in [-0.2, 0) is 9.53 Å². The molecule has 0 unspecified atom stereocenters. The summed E-state index contributed by atoms with van der Waals surface area (Å²) in [6, 6.07) is 4.94. The van der Waals surface area contributed by atoms with Gasteiger partial charge in [-0.1, -0.05) is 30.1 Å². The van der Waals surface area contributed by atoms with Gasteiger partial charge in [-0.3, -0.25) is 4.79 Å². The van der Waals surface area contributed by atoms with Crippen LogP contribution in [0.3, 0.4) is 0 Å². The highest BCUT2D eigenvalue weighted by Gasteiger charge is 2.22. The molecule has 21 heavy (non-hydrogen) atoms. The molecule has 1 aromatic rings. The normalized spacial score (nSPS) is 19.3. The van der Waals surface area contributed by atoms with Crippen LogP contribution in [0.2, 0.25) is 10.0 Å². The Morgan fingerprint density at radius 3 is 3.00 bits per heavy atom. The van der Waals surface area contributed by atoms with Gasteiger partial charge in [0.25, 0.3) is 5.91 Å². The maximum absolute atomic E-state index is 12.2. The van der Waals surface area contributed by atoms with Crippen LogP contribution in [0.15, 0.2) is 18.2 Å². The maximum atomic E-state index is 12.2. The van der Waals surface area contributed by atoms with Crippen molar-refractivity contribution in [1.29, 1.82) is 0 Å². The Labute approximate surface area is 134 Å². The fourth-order valence-electron chi connectivity index (χ4n) is 2.18. The zero-order chi connectivity index (χ0) is 15.2. The van der Waals surface area contributed by atoms with Crippen molar-refractivity contribution in [2.75, 3.05) is 13.2 Å². The van der Waals surface area contributed by atoms with Gasteiger partial charge >= 0.3 is 0 Å². The van der Waals surface area contributed by atoms with E-state index in [1.807, 2.05) is 6.92 Å². The van der Waals surface area contributed by atoms with E-state index in [-0.39, 0.29) is 12.0 Å². The van der Waals surface area contributed by atoms with Crippen molar-refractivity contribution in [2.24, 2.45) is 0 Å². The van der Waals surface area contributed by atoms with Crippen LogP contribution < -0.4 is 10.1 Å². The molecule has 6 heteroatoms. The lowest BCUT2D eigenvalue weighted by Gasteiger charge is -2.19. The van der Waals surface area contributed by atoms with Gasteiger partial charge in [0, 0.05) is 24.2 Å². The molecule has 1 aliphatic heterocycles. The zero-order valence-corrected chi connectivity index (χ0v) is 13.4. The Balaban J connectivity index is 1.91. The molecule has 1 amide bonds. The van der Waals surface area contributed by atoms with E-state index in [1.54, 1.807) is 18.2 Å². The molecule has 0 spiro atoms. The van der Waals surface area contributed by atoms with E-state index < -0.39 is 6.10 Å². The van der Waals surface area contributed by atoms with Gasteiger partial charge in [-0.05, 0) is 31.4 Å². The van der Waals surface area contributed by atoms with E-state index in [0.29, 0.717) is 28.8 Å². The molecular weight excluding hydrogens is 313 g/mol. The minimum absolute atomic E-state index is 0.112. The fraction of sp³-hybridized carbons (Fsp3) is 0.533. The van der Waals surface area contributed by atoms with Crippen LogP contribution in [0, 0.1) is 0 Å². The number of carbonyl (C=O) groups excluding carboxylic acids is 1. The Morgan fingerprint density at radius 1 is 1.52 bits per heavy atom. The lowest BCUT2D eigenvalue weighted by molar-refractivity contribution is -0.128. The predicted molar refractivity (Wildman–Crippen MR) is 83.2 cm³/mol. The van der Waals surface area contributed by atoms with Crippen LogP contribution >= 0.6 is 23.2 Å². The second kappa shape index (κ2) is 7.87. The third-order valence-electron chi connectivity index (χ3n) is 3.35. The van der Waals surface area contributed by atoms with Crippen molar-refractivity contribution >= 4 is 29.1 Å². The SMILES string of the molecule is CC[C@@H](Oc1cc(Cl)ccc1Cl)C(=O)NC[C@H]1CCCO1. The number of nitrogens with one attached hydrogen (secondary N) is 1. The minimum Gasteiger partial charge on any atom is -0.479 e. The minimum atomic E-state index is -0.595. The smallest absolute Gasteiger partial charge is 0.261 e. The van der Waals surface area contributed by atoms with Crippen LogP contribution in [0.1, 0.15) is 26.2 Å². The number of amides is 1. The maximum Gasteiger partial charge on any atom is 0.261 e. The van der Waals surface area contributed by atoms with Crippen molar-refractivity contribution in [3.63, 3.8) is 0 Å². The quantitative estimate of drug-likeness (QED) is 0.868. The van der Waals surface area contributed by atoms with Gasteiger partial charge in [-0.2, -0.15) is 0 Å². The Bertz CT molecular complexity index is 490. The first-order valence-corrected chi connectivity index (χ1v) is 7.86. The average Bonchev–Trinajstić information content (AvgIpc) is 2.99. The molecule has 116 valence electrons. The van der Waals surface area contributed by atoms with E-state index in [2.05, 4.69) is 5.32 Å². The fourth-order valence-corrected chi connectivity index (χ4v) is 2.50. The van der Waals surface area contributed by atoms with Crippen molar-refractivity contribution in [3.05, 3.63) is 28.2 Å². The second-order valence-corrected chi connectivity index (χ2v) is 5.81. The lowest BCUT2D eigenvalue weighted by atomic mass is 10.2. The Morgan fingerprint density at radius 2 is 2.33 bits per heavy atom. The van der Waals surface area contributed by atoms with Gasteiger partial charge in [-0.25, -0.2) is 0 Å². The summed E-state index contributed by atoms with van der Waals surface area (Å²) in [4.78, 5) is 12.2. The molecule has 2 rings (SSSR count). The molecule has 1 fully saturated rings. The summed E-state index contributed by atoms with van der Waals surface area (Å²) in [5.74, 6) is 0.257. The number of benzene rings is 1. The summed E-state index contributed by atoms with van der Waals surface area (Å²) < 4.78 is 11.2. The van der Waals surface area contributed by atoms with Crippen molar-refractivity contribution < 1.29 is 14.3 Å². The van der Waals surface area contributed by atoms with Gasteiger partial charge in [0.05, 0.1) is 11.1 Å². The molecule has 0 bridgehead atoms. The first-order chi connectivity index (χ1) is 10.1. The Hall–Kier alpha value is -0.970. The standard InChI is InChI=1S/C15H19Cl2NO3/c1-2-13(15(19)18-9-11-4-3-7-20-11)21-14-8-10(16)5-6-12(14)17/h5-6,8,11,13H,2-4,7,9H2,1H3,(H,18,19)/t11-,13-/m1/s1. The molecule has 1 N–H and O–H groups in total. The molecule has 1 heterocycles. The van der Waals surface area contributed by atoms with Crippen molar-refractivity contribution in [1.82, 2.24) is 5.32 Å². The molecule has 2 atom stereocenters. The molecule has 0 radical (unpaired) electrons. The summed E-state index contributed by atoms with van der Waals surface area (Å²) >= 11 is 12.0. The van der Waals surface area contributed by atoms with Gasteiger partial charge in [-0.15, -0.1) is 0 Å². The van der Waals surface area contributed by atoms with Gasteiger partial charge in [0.2, 0.25) is 0 Å². The monoisotopic (exact) mass is 331 g/mol. The highest BCUT2D eigenvalue weighted by molar-refractivity contribution is 6.34. The first kappa shape index (κ1) is 16.4. The highest BCUT2D eigenvalue weighted by atomic mass is 35.5. The lowest BCUT2D eigenvalue weighted by Crippen LogP contribution is -2.41. The highest BCUT2D eigenvalue weighted by Crippen LogP contribution is 2.29. The third-order valence-corrected chi connectivity index (χ3v) is 3.90. The number of hydrogen-bond donors (Lipinski definition) is 1. The summed E-state index contributed by atoms with van der Waals surface area (Å²) in [7, 11) is 0. The number of halogens is 2. The van der Waals surface area contributed by atoms with E-state index in [4.69, 9.17) is 32.7 Å². The van der Waals surface area contributed by atoms with Gasteiger partial charge in [0.1, 0.15) is 5.75 Å². The molecule has 1 aliphatic rings. The van der Waals surface area contributed by atoms with E-state index in [1.165, 1.54) is 0 Å². The van der Waals surface area contributed by atoms with Crippen LogP contribution in [0.5, 0.6) is 5.75 Å². The molecular formula is C15H19Cl2NO3. The van der Waals surface area contributed by atoms with Crippen molar-refractivity contribution in [3.8, 4) is 5.75 Å². The second-order valence-electron chi connectivity index (χ2n) is 4.97. The van der Waals surface area contributed by atoms with Crippen LogP contribution in [0.4, 0.5) is 0 Å². The number of carbonyl (C=O) groups is 1. The number of ether oxygens (including phenoxy) is 2. The molecule has 0 aliphatic carbocycles. The zero-order valence-electron chi connectivity index (χ0n) is 11.9. The predicted octanol–water partition coefficient (Wildman–Crippen LogP) is 3.45. The summed E-state index contributed by atoms with van der Waals surface area (Å²) in [5, 5.41) is 3.82. The van der Waals surface area contributed by atoms with E-state index >= 15 is 0 Å². The van der Waals surface area contributed by atoms with Crippen molar-refractivity contribution in [2.45, 2.75) is 38.4 Å². The molecule has 1 aromatic carbocycles. The van der Waals surface area contributed by atoms with E-state index in [0.717, 1.165) is 19.4 Å². The molecule has 0 aromatic heterocycles. The topological polar surface area (TPSA) is 47.6 Å². The van der Waals surface area contributed by atoms with E-state index in [9.17, 15) is 4.79 Å². The number of rotatable bonds is 6. The molecule has 1 saturated heterocycles.